The molecule has 8 heteroatoms. The van der Waals surface area contributed by atoms with Gasteiger partial charge in [-0.25, -0.2) is 4.98 Å². The van der Waals surface area contributed by atoms with E-state index in [0.29, 0.717) is 22.9 Å². The molecule has 0 spiro atoms. The first-order chi connectivity index (χ1) is 14.3. The van der Waals surface area contributed by atoms with Crippen molar-refractivity contribution in [1.29, 1.82) is 0 Å². The second-order valence-electron chi connectivity index (χ2n) is 6.48. The molecular weight excluding hydrogens is 366 g/mol. The molecule has 0 bridgehead atoms. The maximum atomic E-state index is 6.08. The van der Waals surface area contributed by atoms with E-state index >= 15 is 0 Å². The standard InChI is InChI=1S/C21H17N7O/c1-27-19(22-14-23-27)13-29-21-17(15-8-4-2-5-9-15)12-18-20(24-21)28(26-25-18)16-10-6-3-7-11-16/h2-12,14H,13H2,1H3. The number of rotatable bonds is 5. The molecule has 5 rings (SSSR count). The Balaban J connectivity index is 1.63. The van der Waals surface area contributed by atoms with Crippen molar-refractivity contribution in [3.05, 3.63) is 78.9 Å². The summed E-state index contributed by atoms with van der Waals surface area (Å²) in [6.45, 7) is 0.252. The molecule has 2 aromatic carbocycles. The van der Waals surface area contributed by atoms with Crippen molar-refractivity contribution in [1.82, 2.24) is 34.7 Å². The van der Waals surface area contributed by atoms with Gasteiger partial charge in [-0.3, -0.25) is 4.68 Å². The van der Waals surface area contributed by atoms with Crippen LogP contribution in [0.15, 0.2) is 73.1 Å². The Morgan fingerprint density at radius 1 is 0.966 bits per heavy atom. The monoisotopic (exact) mass is 383 g/mol. The first kappa shape index (κ1) is 17.1. The van der Waals surface area contributed by atoms with Gasteiger partial charge in [-0.15, -0.1) is 5.10 Å². The second kappa shape index (κ2) is 7.16. The molecular formula is C21H17N7O. The number of para-hydroxylation sites is 1. The number of aryl methyl sites for hydroxylation is 1. The fraction of sp³-hybridized carbons (Fsp3) is 0.0952. The predicted molar refractivity (Wildman–Crippen MR) is 107 cm³/mol. The molecule has 0 fully saturated rings. The molecule has 0 saturated carbocycles. The zero-order chi connectivity index (χ0) is 19.6. The van der Waals surface area contributed by atoms with Crippen molar-refractivity contribution in [3.63, 3.8) is 0 Å². The molecule has 29 heavy (non-hydrogen) atoms. The van der Waals surface area contributed by atoms with Gasteiger partial charge in [-0.05, 0) is 23.8 Å². The molecule has 8 nitrogen and oxygen atoms in total. The average Bonchev–Trinajstić information content (AvgIpc) is 3.38. The molecule has 0 amide bonds. The number of pyridine rings is 1. The largest absolute Gasteiger partial charge is 0.469 e. The van der Waals surface area contributed by atoms with Crippen LogP contribution in [0.3, 0.4) is 0 Å². The summed E-state index contributed by atoms with van der Waals surface area (Å²) in [5.41, 5.74) is 4.04. The van der Waals surface area contributed by atoms with Crippen molar-refractivity contribution < 1.29 is 4.74 Å². The quantitative estimate of drug-likeness (QED) is 0.463. The van der Waals surface area contributed by atoms with Gasteiger partial charge in [0.1, 0.15) is 18.5 Å². The number of ether oxygens (including phenoxy) is 1. The summed E-state index contributed by atoms with van der Waals surface area (Å²) in [5.74, 6) is 1.20. The zero-order valence-electron chi connectivity index (χ0n) is 15.7. The lowest BCUT2D eigenvalue weighted by atomic mass is 10.1. The van der Waals surface area contributed by atoms with Crippen molar-refractivity contribution in [2.45, 2.75) is 6.61 Å². The maximum absolute atomic E-state index is 6.08. The number of benzene rings is 2. The van der Waals surface area contributed by atoms with Gasteiger partial charge >= 0.3 is 0 Å². The number of aromatic nitrogens is 7. The smallest absolute Gasteiger partial charge is 0.224 e. The van der Waals surface area contributed by atoms with Gasteiger partial charge in [0.15, 0.2) is 11.5 Å². The van der Waals surface area contributed by atoms with E-state index in [-0.39, 0.29) is 6.61 Å². The van der Waals surface area contributed by atoms with Gasteiger partial charge in [-0.2, -0.15) is 14.8 Å². The number of hydrogen-bond acceptors (Lipinski definition) is 6. The molecule has 0 unspecified atom stereocenters. The van der Waals surface area contributed by atoms with E-state index in [2.05, 4.69) is 20.4 Å². The van der Waals surface area contributed by atoms with Crippen LogP contribution in [-0.2, 0) is 13.7 Å². The Morgan fingerprint density at radius 2 is 1.72 bits per heavy atom. The molecule has 0 saturated heterocycles. The molecule has 142 valence electrons. The molecule has 0 aliphatic rings. The number of nitrogens with zero attached hydrogens (tertiary/aromatic N) is 7. The van der Waals surface area contributed by atoms with Gasteiger partial charge in [0, 0.05) is 12.6 Å². The van der Waals surface area contributed by atoms with E-state index in [1.165, 1.54) is 6.33 Å². The van der Waals surface area contributed by atoms with Crippen LogP contribution < -0.4 is 4.74 Å². The Kier molecular flexibility index (Phi) is 4.21. The molecule has 3 heterocycles. The van der Waals surface area contributed by atoms with E-state index in [1.54, 1.807) is 9.36 Å². The van der Waals surface area contributed by atoms with Gasteiger partial charge in [-0.1, -0.05) is 53.7 Å². The zero-order valence-corrected chi connectivity index (χ0v) is 15.7. The highest BCUT2D eigenvalue weighted by molar-refractivity contribution is 5.82. The van der Waals surface area contributed by atoms with Gasteiger partial charge in [0.05, 0.1) is 5.69 Å². The normalized spacial score (nSPS) is 11.1. The van der Waals surface area contributed by atoms with Crippen molar-refractivity contribution in [2.24, 2.45) is 7.05 Å². The minimum absolute atomic E-state index is 0.252. The molecule has 0 radical (unpaired) electrons. The maximum Gasteiger partial charge on any atom is 0.224 e. The lowest BCUT2D eigenvalue weighted by Crippen LogP contribution is -2.06. The van der Waals surface area contributed by atoms with Crippen LogP contribution in [0.5, 0.6) is 5.88 Å². The van der Waals surface area contributed by atoms with Gasteiger partial charge in [0.25, 0.3) is 0 Å². The van der Waals surface area contributed by atoms with Crippen LogP contribution in [0.25, 0.3) is 28.0 Å². The third-order valence-corrected chi connectivity index (χ3v) is 4.62. The molecule has 0 N–H and O–H groups in total. The molecule has 0 atom stereocenters. The highest BCUT2D eigenvalue weighted by Gasteiger charge is 2.16. The molecule has 0 aliphatic heterocycles. The fourth-order valence-corrected chi connectivity index (χ4v) is 3.10. The predicted octanol–water partition coefficient (Wildman–Crippen LogP) is 3.19. The topological polar surface area (TPSA) is 83.5 Å². The first-order valence-electron chi connectivity index (χ1n) is 9.12. The Hall–Kier alpha value is -4.07. The minimum Gasteiger partial charge on any atom is -0.469 e. The van der Waals surface area contributed by atoms with E-state index in [0.717, 1.165) is 16.8 Å². The summed E-state index contributed by atoms with van der Waals surface area (Å²) in [4.78, 5) is 9.00. The van der Waals surface area contributed by atoms with Crippen LogP contribution >= 0.6 is 0 Å². The van der Waals surface area contributed by atoms with Gasteiger partial charge < -0.3 is 4.74 Å². The second-order valence-corrected chi connectivity index (χ2v) is 6.48. The highest BCUT2D eigenvalue weighted by Crippen LogP contribution is 2.32. The average molecular weight is 383 g/mol. The third kappa shape index (κ3) is 3.20. The van der Waals surface area contributed by atoms with Gasteiger partial charge in [0.2, 0.25) is 5.88 Å². The lowest BCUT2D eigenvalue weighted by Gasteiger charge is -2.11. The molecule has 0 aliphatic carbocycles. The van der Waals surface area contributed by atoms with E-state index < -0.39 is 0 Å². The number of fused-ring (bicyclic) bond motifs is 1. The van der Waals surface area contributed by atoms with Crippen molar-refractivity contribution >= 4 is 11.2 Å². The summed E-state index contributed by atoms with van der Waals surface area (Å²) in [6.07, 6.45) is 1.50. The fourth-order valence-electron chi connectivity index (χ4n) is 3.10. The van der Waals surface area contributed by atoms with Crippen molar-refractivity contribution in [2.75, 3.05) is 0 Å². The SMILES string of the molecule is Cn1ncnc1COc1nc2c(cc1-c1ccccc1)nnn2-c1ccccc1. The summed E-state index contributed by atoms with van der Waals surface area (Å²) >= 11 is 0. The summed E-state index contributed by atoms with van der Waals surface area (Å²) in [5, 5.41) is 12.7. The highest BCUT2D eigenvalue weighted by atomic mass is 16.5. The summed E-state index contributed by atoms with van der Waals surface area (Å²) < 4.78 is 9.47. The van der Waals surface area contributed by atoms with E-state index in [9.17, 15) is 0 Å². The lowest BCUT2D eigenvalue weighted by molar-refractivity contribution is 0.280. The van der Waals surface area contributed by atoms with Crippen LogP contribution in [0.1, 0.15) is 5.82 Å². The minimum atomic E-state index is 0.252. The number of hydrogen-bond donors (Lipinski definition) is 0. The van der Waals surface area contributed by atoms with Crippen LogP contribution in [0, 0.1) is 0 Å². The molecule has 3 aromatic heterocycles. The Labute approximate surface area is 166 Å². The Bertz CT molecular complexity index is 1260. The van der Waals surface area contributed by atoms with Crippen LogP contribution in [0.4, 0.5) is 0 Å². The van der Waals surface area contributed by atoms with Crippen molar-refractivity contribution in [3.8, 4) is 22.7 Å². The first-order valence-corrected chi connectivity index (χ1v) is 9.12. The van der Waals surface area contributed by atoms with E-state index in [4.69, 9.17) is 9.72 Å². The summed E-state index contributed by atoms with van der Waals surface area (Å²) in [6, 6.07) is 21.7. The third-order valence-electron chi connectivity index (χ3n) is 4.62. The molecule has 5 aromatic rings. The van der Waals surface area contributed by atoms with Crippen LogP contribution in [0.2, 0.25) is 0 Å². The summed E-state index contributed by atoms with van der Waals surface area (Å²) in [7, 11) is 1.83. The Morgan fingerprint density at radius 3 is 2.45 bits per heavy atom. The van der Waals surface area contributed by atoms with E-state index in [1.807, 2.05) is 73.8 Å². The van der Waals surface area contributed by atoms with Crippen LogP contribution in [-0.4, -0.2) is 34.7 Å².